The van der Waals surface area contributed by atoms with Gasteiger partial charge in [-0.25, -0.2) is 14.3 Å². The van der Waals surface area contributed by atoms with Crippen molar-refractivity contribution in [3.8, 4) is 22.4 Å². The van der Waals surface area contributed by atoms with Crippen LogP contribution in [0, 0.1) is 0 Å². The van der Waals surface area contributed by atoms with Crippen LogP contribution in [-0.2, 0) is 16.1 Å². The maximum Gasteiger partial charge on any atom is 0.343 e. The summed E-state index contributed by atoms with van der Waals surface area (Å²) in [6.45, 7) is 0.134. The van der Waals surface area contributed by atoms with Crippen LogP contribution in [0.3, 0.4) is 0 Å². The number of methoxy groups -OCH3 is 2. The van der Waals surface area contributed by atoms with Gasteiger partial charge >= 0.3 is 5.97 Å². The van der Waals surface area contributed by atoms with E-state index in [2.05, 4.69) is 10.1 Å². The van der Waals surface area contributed by atoms with Crippen molar-refractivity contribution in [1.82, 2.24) is 14.6 Å². The molecule has 0 saturated carbocycles. The van der Waals surface area contributed by atoms with Gasteiger partial charge in [-0.3, -0.25) is 0 Å². The summed E-state index contributed by atoms with van der Waals surface area (Å²) in [6.07, 6.45) is 1.69. The Labute approximate surface area is 183 Å². The van der Waals surface area contributed by atoms with Crippen LogP contribution in [-0.4, -0.2) is 34.8 Å². The van der Waals surface area contributed by atoms with Crippen molar-refractivity contribution in [3.05, 3.63) is 76.0 Å². The van der Waals surface area contributed by atoms with Crippen molar-refractivity contribution in [1.29, 1.82) is 0 Å². The molecule has 30 heavy (non-hydrogen) atoms. The zero-order valence-electron chi connectivity index (χ0n) is 16.2. The van der Waals surface area contributed by atoms with Crippen LogP contribution in [0.4, 0.5) is 0 Å². The lowest BCUT2D eigenvalue weighted by molar-refractivity contribution is 0.0597. The van der Waals surface area contributed by atoms with Gasteiger partial charge in [0.1, 0.15) is 11.3 Å². The Bertz CT molecular complexity index is 1240. The molecule has 4 aromatic rings. The minimum Gasteiger partial charge on any atom is -0.465 e. The van der Waals surface area contributed by atoms with Gasteiger partial charge in [0.25, 0.3) is 0 Å². The fourth-order valence-electron chi connectivity index (χ4n) is 3.34. The second-order valence-electron chi connectivity index (χ2n) is 6.49. The maximum absolute atomic E-state index is 12.5. The van der Waals surface area contributed by atoms with Crippen molar-refractivity contribution in [3.63, 3.8) is 0 Å². The number of halogens is 2. The highest BCUT2D eigenvalue weighted by molar-refractivity contribution is 6.33. The van der Waals surface area contributed by atoms with Crippen molar-refractivity contribution in [2.45, 2.75) is 6.61 Å². The molecular weight excluding hydrogens is 425 g/mol. The van der Waals surface area contributed by atoms with Crippen molar-refractivity contribution < 1.29 is 14.3 Å². The highest BCUT2D eigenvalue weighted by atomic mass is 35.5. The molecule has 0 N–H and O–H groups in total. The van der Waals surface area contributed by atoms with Gasteiger partial charge in [0, 0.05) is 40.0 Å². The van der Waals surface area contributed by atoms with Crippen molar-refractivity contribution >= 4 is 34.8 Å². The van der Waals surface area contributed by atoms with E-state index in [-0.39, 0.29) is 12.2 Å². The summed E-state index contributed by atoms with van der Waals surface area (Å²) in [5.41, 5.74) is 4.18. The molecule has 2 heterocycles. The minimum atomic E-state index is -0.530. The standard InChI is InChI=1S/C22H17Cl2N3O3/c1-29-12-18-19(22(28)30-2)21-25-11-16(15-5-3-4-6-17(15)24)20(27(21)26-18)13-7-9-14(23)10-8-13/h3-11H,12H2,1-2H3. The van der Waals surface area contributed by atoms with Crippen molar-refractivity contribution in [2.24, 2.45) is 0 Å². The number of rotatable bonds is 5. The maximum atomic E-state index is 12.5. The molecule has 0 aliphatic heterocycles. The van der Waals surface area contributed by atoms with E-state index in [4.69, 9.17) is 32.7 Å². The first kappa shape index (κ1) is 20.3. The lowest BCUT2D eigenvalue weighted by Crippen LogP contribution is -2.06. The zero-order valence-corrected chi connectivity index (χ0v) is 17.7. The average molecular weight is 442 g/mol. The SMILES string of the molecule is COCc1nn2c(-c3ccc(Cl)cc3)c(-c3ccccc3Cl)cnc2c1C(=O)OC. The molecule has 0 atom stereocenters. The molecule has 0 radical (unpaired) electrons. The second-order valence-corrected chi connectivity index (χ2v) is 7.33. The van der Waals surface area contributed by atoms with Gasteiger partial charge in [-0.2, -0.15) is 5.10 Å². The number of hydrogen-bond donors (Lipinski definition) is 0. The van der Waals surface area contributed by atoms with E-state index in [9.17, 15) is 4.79 Å². The number of fused-ring (bicyclic) bond motifs is 1. The Balaban J connectivity index is 2.10. The third-order valence-corrected chi connectivity index (χ3v) is 5.25. The number of hydrogen-bond acceptors (Lipinski definition) is 5. The number of esters is 1. The Morgan fingerprint density at radius 2 is 1.77 bits per heavy atom. The molecule has 152 valence electrons. The summed E-state index contributed by atoms with van der Waals surface area (Å²) in [5.74, 6) is -0.530. The molecule has 0 aliphatic rings. The van der Waals surface area contributed by atoms with Crippen LogP contribution >= 0.6 is 23.2 Å². The lowest BCUT2D eigenvalue weighted by Gasteiger charge is -2.13. The quantitative estimate of drug-likeness (QED) is 0.393. The third-order valence-electron chi connectivity index (χ3n) is 4.67. The summed E-state index contributed by atoms with van der Waals surface area (Å²) in [6, 6.07) is 14.8. The van der Waals surface area contributed by atoms with Crippen LogP contribution in [0.1, 0.15) is 16.1 Å². The van der Waals surface area contributed by atoms with E-state index in [0.29, 0.717) is 21.4 Å². The number of benzene rings is 2. The van der Waals surface area contributed by atoms with Gasteiger partial charge < -0.3 is 9.47 Å². The number of aromatic nitrogens is 3. The van der Waals surface area contributed by atoms with E-state index in [1.54, 1.807) is 22.8 Å². The van der Waals surface area contributed by atoms with Crippen molar-refractivity contribution in [2.75, 3.05) is 14.2 Å². The number of nitrogens with zero attached hydrogens (tertiary/aromatic N) is 3. The van der Waals surface area contributed by atoms with E-state index in [1.807, 2.05) is 36.4 Å². The smallest absolute Gasteiger partial charge is 0.343 e. The molecule has 0 fully saturated rings. The first-order chi connectivity index (χ1) is 14.5. The number of carbonyl (C=O) groups excluding carboxylic acids is 1. The van der Waals surface area contributed by atoms with Crippen LogP contribution in [0.5, 0.6) is 0 Å². The molecule has 6 nitrogen and oxygen atoms in total. The topological polar surface area (TPSA) is 65.7 Å². The predicted molar refractivity (Wildman–Crippen MR) is 116 cm³/mol. The molecule has 0 saturated heterocycles. The predicted octanol–water partition coefficient (Wildman–Crippen LogP) is 5.30. The molecular formula is C22H17Cl2N3O3. The van der Waals surface area contributed by atoms with Gasteiger partial charge in [0.2, 0.25) is 0 Å². The van der Waals surface area contributed by atoms with Crippen LogP contribution < -0.4 is 0 Å². The van der Waals surface area contributed by atoms with Crippen LogP contribution in [0.25, 0.3) is 28.0 Å². The second kappa shape index (κ2) is 8.44. The Morgan fingerprint density at radius 3 is 2.43 bits per heavy atom. The monoisotopic (exact) mass is 441 g/mol. The van der Waals surface area contributed by atoms with Crippen LogP contribution in [0.15, 0.2) is 54.7 Å². The van der Waals surface area contributed by atoms with Crippen LogP contribution in [0.2, 0.25) is 10.0 Å². The first-order valence-electron chi connectivity index (χ1n) is 9.03. The largest absolute Gasteiger partial charge is 0.465 e. The lowest BCUT2D eigenvalue weighted by atomic mass is 10.0. The molecule has 2 aromatic heterocycles. The zero-order chi connectivity index (χ0) is 21.3. The van der Waals surface area contributed by atoms with E-state index in [0.717, 1.165) is 22.4 Å². The molecule has 0 unspecified atom stereocenters. The van der Waals surface area contributed by atoms with Gasteiger partial charge in [0.05, 0.1) is 19.4 Å². The number of ether oxygens (including phenoxy) is 2. The normalized spacial score (nSPS) is 11.1. The third kappa shape index (κ3) is 3.54. The van der Waals surface area contributed by atoms with E-state index in [1.165, 1.54) is 14.2 Å². The molecule has 0 aliphatic carbocycles. The fraction of sp³-hybridized carbons (Fsp3) is 0.136. The summed E-state index contributed by atoms with van der Waals surface area (Å²) in [5, 5.41) is 5.82. The Morgan fingerprint density at radius 1 is 1.03 bits per heavy atom. The molecule has 8 heteroatoms. The molecule has 0 spiro atoms. The van der Waals surface area contributed by atoms with E-state index >= 15 is 0 Å². The highest BCUT2D eigenvalue weighted by Crippen LogP contribution is 2.37. The highest BCUT2D eigenvalue weighted by Gasteiger charge is 2.25. The summed E-state index contributed by atoms with van der Waals surface area (Å²) in [7, 11) is 2.86. The summed E-state index contributed by atoms with van der Waals surface area (Å²) in [4.78, 5) is 17.0. The average Bonchev–Trinajstić information content (AvgIpc) is 3.12. The minimum absolute atomic E-state index is 0.134. The molecule has 4 rings (SSSR count). The molecule has 2 aromatic carbocycles. The van der Waals surface area contributed by atoms with Gasteiger partial charge in [0.15, 0.2) is 5.65 Å². The van der Waals surface area contributed by atoms with Gasteiger partial charge in [-0.1, -0.05) is 53.5 Å². The first-order valence-corrected chi connectivity index (χ1v) is 9.79. The molecule has 0 bridgehead atoms. The Kier molecular flexibility index (Phi) is 5.72. The van der Waals surface area contributed by atoms with Gasteiger partial charge in [-0.05, 0) is 18.2 Å². The fourth-order valence-corrected chi connectivity index (χ4v) is 3.70. The summed E-state index contributed by atoms with van der Waals surface area (Å²) >= 11 is 12.6. The molecule has 0 amide bonds. The Hall–Kier alpha value is -2.93. The van der Waals surface area contributed by atoms with E-state index < -0.39 is 5.97 Å². The number of carbonyl (C=O) groups is 1. The summed E-state index contributed by atoms with van der Waals surface area (Å²) < 4.78 is 11.8. The van der Waals surface area contributed by atoms with Gasteiger partial charge in [-0.15, -0.1) is 0 Å².